The lowest BCUT2D eigenvalue weighted by Gasteiger charge is -2.30. The van der Waals surface area contributed by atoms with Crippen LogP contribution in [0.1, 0.15) is 32.1 Å². The molecule has 0 heterocycles. The van der Waals surface area contributed by atoms with Gasteiger partial charge in [0.15, 0.2) is 0 Å². The lowest BCUT2D eigenvalue weighted by atomic mass is 9.93. The molecule has 7 heteroatoms. The predicted molar refractivity (Wildman–Crippen MR) is 75.2 cm³/mol. The third-order valence-corrected chi connectivity index (χ3v) is 3.93. The van der Waals surface area contributed by atoms with Gasteiger partial charge in [-0.1, -0.05) is 24.4 Å². The van der Waals surface area contributed by atoms with Gasteiger partial charge in [0.25, 0.3) is 5.69 Å². The Labute approximate surface area is 120 Å². The molecule has 0 bridgehead atoms. The number of rotatable bonds is 5. The maximum Gasteiger partial charge on any atom is 0.305 e. The molecule has 0 atom stereocenters. The van der Waals surface area contributed by atoms with Gasteiger partial charge in [-0.3, -0.25) is 14.9 Å². The molecule has 1 aliphatic carbocycles. The fourth-order valence-corrected chi connectivity index (χ4v) is 2.91. The number of hydrogen-bond donors (Lipinski definition) is 2. The predicted octanol–water partition coefficient (Wildman–Crippen LogP) is 3.45. The normalized spacial score (nSPS) is 16.9. The van der Waals surface area contributed by atoms with Crippen LogP contribution in [-0.2, 0) is 4.79 Å². The number of anilines is 1. The van der Waals surface area contributed by atoms with Crippen molar-refractivity contribution in [3.05, 3.63) is 33.3 Å². The average molecular weight is 299 g/mol. The summed E-state index contributed by atoms with van der Waals surface area (Å²) in [5, 5.41) is 23.1. The Bertz CT molecular complexity index is 541. The van der Waals surface area contributed by atoms with Gasteiger partial charge in [-0.2, -0.15) is 0 Å². The zero-order chi connectivity index (χ0) is 14.8. The number of halogens is 1. The van der Waals surface area contributed by atoms with Crippen molar-refractivity contribution >= 4 is 28.9 Å². The second kappa shape index (κ2) is 5.66. The number of carboxylic acids is 1. The minimum Gasteiger partial charge on any atom is -0.481 e. The average Bonchev–Trinajstić information content (AvgIpc) is 2.79. The molecule has 1 saturated carbocycles. The Hall–Kier alpha value is -1.82. The van der Waals surface area contributed by atoms with Crippen LogP contribution in [0.3, 0.4) is 0 Å². The first-order chi connectivity index (χ1) is 9.42. The van der Waals surface area contributed by atoms with Gasteiger partial charge < -0.3 is 10.4 Å². The van der Waals surface area contributed by atoms with Crippen LogP contribution in [0.5, 0.6) is 0 Å². The minimum absolute atomic E-state index is 0.0142. The SMILES string of the molecule is O=C(O)CC1(Nc2ccc([N+](=O)[O-])cc2Cl)CCCC1. The van der Waals surface area contributed by atoms with Gasteiger partial charge >= 0.3 is 5.97 Å². The van der Waals surface area contributed by atoms with Crippen LogP contribution in [0.15, 0.2) is 18.2 Å². The van der Waals surface area contributed by atoms with Crippen molar-refractivity contribution in [3.63, 3.8) is 0 Å². The molecule has 1 aliphatic rings. The largest absolute Gasteiger partial charge is 0.481 e. The van der Waals surface area contributed by atoms with Crippen molar-refractivity contribution in [2.45, 2.75) is 37.6 Å². The summed E-state index contributed by atoms with van der Waals surface area (Å²) in [6, 6.07) is 4.16. The number of nitrogens with zero attached hydrogens (tertiary/aromatic N) is 1. The second-order valence-corrected chi connectivity index (χ2v) is 5.51. The molecule has 0 radical (unpaired) electrons. The van der Waals surface area contributed by atoms with E-state index in [2.05, 4.69) is 5.32 Å². The number of nitrogens with one attached hydrogen (secondary N) is 1. The first-order valence-electron chi connectivity index (χ1n) is 6.36. The highest BCUT2D eigenvalue weighted by Gasteiger charge is 2.36. The maximum atomic E-state index is 11.0. The summed E-state index contributed by atoms with van der Waals surface area (Å²) in [5.74, 6) is -0.863. The van der Waals surface area contributed by atoms with E-state index >= 15 is 0 Å². The number of non-ortho nitro benzene ring substituents is 1. The van der Waals surface area contributed by atoms with E-state index < -0.39 is 16.4 Å². The number of benzene rings is 1. The molecule has 0 amide bonds. The Morgan fingerprint density at radius 2 is 2.10 bits per heavy atom. The van der Waals surface area contributed by atoms with Crippen LogP contribution >= 0.6 is 11.6 Å². The zero-order valence-corrected chi connectivity index (χ0v) is 11.5. The molecule has 6 nitrogen and oxygen atoms in total. The summed E-state index contributed by atoms with van der Waals surface area (Å²) in [7, 11) is 0. The smallest absolute Gasteiger partial charge is 0.305 e. The molecular formula is C13H15ClN2O4. The topological polar surface area (TPSA) is 92.5 Å². The molecule has 1 aromatic carbocycles. The van der Waals surface area contributed by atoms with Gasteiger partial charge in [-0.05, 0) is 18.9 Å². The van der Waals surface area contributed by atoms with Crippen molar-refractivity contribution in [2.75, 3.05) is 5.32 Å². The van der Waals surface area contributed by atoms with Crippen molar-refractivity contribution in [1.29, 1.82) is 0 Å². The third-order valence-electron chi connectivity index (χ3n) is 3.61. The highest BCUT2D eigenvalue weighted by molar-refractivity contribution is 6.33. The van der Waals surface area contributed by atoms with Crippen LogP contribution in [0.2, 0.25) is 5.02 Å². The first kappa shape index (κ1) is 14.6. The zero-order valence-electron chi connectivity index (χ0n) is 10.8. The van der Waals surface area contributed by atoms with Crippen LogP contribution in [0.4, 0.5) is 11.4 Å². The fourth-order valence-electron chi connectivity index (χ4n) is 2.69. The van der Waals surface area contributed by atoms with E-state index in [1.807, 2.05) is 0 Å². The highest BCUT2D eigenvalue weighted by atomic mass is 35.5. The van der Waals surface area contributed by atoms with E-state index in [9.17, 15) is 14.9 Å². The van der Waals surface area contributed by atoms with Gasteiger partial charge in [0.05, 0.1) is 22.1 Å². The molecule has 0 unspecified atom stereocenters. The Morgan fingerprint density at radius 1 is 1.45 bits per heavy atom. The van der Waals surface area contributed by atoms with Crippen molar-refractivity contribution < 1.29 is 14.8 Å². The fraction of sp³-hybridized carbons (Fsp3) is 0.462. The number of nitro groups is 1. The van der Waals surface area contributed by atoms with Gasteiger partial charge in [-0.25, -0.2) is 0 Å². The summed E-state index contributed by atoms with van der Waals surface area (Å²) in [6.07, 6.45) is 3.45. The summed E-state index contributed by atoms with van der Waals surface area (Å²) in [6.45, 7) is 0. The standard InChI is InChI=1S/C13H15ClN2O4/c14-10-7-9(16(19)20)3-4-11(10)15-13(8-12(17)18)5-1-2-6-13/h3-4,7,15H,1-2,5-6,8H2,(H,17,18). The molecule has 108 valence electrons. The van der Waals surface area contributed by atoms with Gasteiger partial charge in [-0.15, -0.1) is 0 Å². The molecule has 20 heavy (non-hydrogen) atoms. The maximum absolute atomic E-state index is 11.0. The molecule has 2 N–H and O–H groups in total. The first-order valence-corrected chi connectivity index (χ1v) is 6.74. The molecule has 0 spiro atoms. The summed E-state index contributed by atoms with van der Waals surface area (Å²) in [4.78, 5) is 21.2. The Kier molecular flexibility index (Phi) is 4.13. The quantitative estimate of drug-likeness (QED) is 0.641. The van der Waals surface area contributed by atoms with E-state index in [1.165, 1.54) is 18.2 Å². The summed E-state index contributed by atoms with van der Waals surface area (Å²) < 4.78 is 0. The Balaban J connectivity index is 2.23. The monoisotopic (exact) mass is 298 g/mol. The molecular weight excluding hydrogens is 284 g/mol. The molecule has 1 aromatic rings. The van der Waals surface area contributed by atoms with E-state index in [0.717, 1.165) is 25.7 Å². The molecule has 0 aromatic heterocycles. The van der Waals surface area contributed by atoms with Crippen molar-refractivity contribution in [2.24, 2.45) is 0 Å². The van der Waals surface area contributed by atoms with Gasteiger partial charge in [0, 0.05) is 17.7 Å². The molecule has 2 rings (SSSR count). The van der Waals surface area contributed by atoms with Gasteiger partial charge in [0.2, 0.25) is 0 Å². The van der Waals surface area contributed by atoms with E-state index in [0.29, 0.717) is 5.69 Å². The molecule has 1 fully saturated rings. The summed E-state index contributed by atoms with van der Waals surface area (Å²) in [5.41, 5.74) is -0.0503. The van der Waals surface area contributed by atoms with Crippen molar-refractivity contribution in [3.8, 4) is 0 Å². The van der Waals surface area contributed by atoms with E-state index in [-0.39, 0.29) is 17.1 Å². The number of carboxylic acid groups (broad SMARTS) is 1. The van der Waals surface area contributed by atoms with Gasteiger partial charge in [0.1, 0.15) is 0 Å². The number of carbonyl (C=O) groups is 1. The van der Waals surface area contributed by atoms with Crippen LogP contribution in [0.25, 0.3) is 0 Å². The number of nitro benzene ring substituents is 1. The van der Waals surface area contributed by atoms with Crippen LogP contribution in [0, 0.1) is 10.1 Å². The highest BCUT2D eigenvalue weighted by Crippen LogP contribution is 2.38. The summed E-state index contributed by atoms with van der Waals surface area (Å²) >= 11 is 6.04. The van der Waals surface area contributed by atoms with Crippen LogP contribution < -0.4 is 5.32 Å². The molecule has 0 aliphatic heterocycles. The molecule has 0 saturated heterocycles. The number of hydrogen-bond acceptors (Lipinski definition) is 4. The van der Waals surface area contributed by atoms with E-state index in [1.54, 1.807) is 0 Å². The lowest BCUT2D eigenvalue weighted by molar-refractivity contribution is -0.384. The van der Waals surface area contributed by atoms with E-state index in [4.69, 9.17) is 16.7 Å². The van der Waals surface area contributed by atoms with Crippen LogP contribution in [-0.4, -0.2) is 21.5 Å². The minimum atomic E-state index is -0.863. The Morgan fingerprint density at radius 3 is 2.60 bits per heavy atom. The lowest BCUT2D eigenvalue weighted by Crippen LogP contribution is -2.37. The third kappa shape index (κ3) is 3.19. The van der Waals surface area contributed by atoms with Crippen molar-refractivity contribution in [1.82, 2.24) is 0 Å². The second-order valence-electron chi connectivity index (χ2n) is 5.10. The number of aliphatic carboxylic acids is 1.